The molecule has 2 rings (SSSR count). The summed E-state index contributed by atoms with van der Waals surface area (Å²) in [5.41, 5.74) is 0.00421. The molecular weight excluding hydrogens is 252 g/mol. The van der Waals surface area contributed by atoms with Gasteiger partial charge in [0.15, 0.2) is 0 Å². The van der Waals surface area contributed by atoms with Crippen molar-refractivity contribution in [3.05, 3.63) is 33.1 Å². The summed E-state index contributed by atoms with van der Waals surface area (Å²) in [4.78, 5) is 0. The predicted molar refractivity (Wildman–Crippen MR) is 58.8 cm³/mol. The lowest BCUT2D eigenvalue weighted by atomic mass is 10.0. The van der Waals surface area contributed by atoms with Gasteiger partial charge in [-0.2, -0.15) is 5.26 Å². The van der Waals surface area contributed by atoms with Crippen LogP contribution in [0.25, 0.3) is 0 Å². The largest absolute Gasteiger partial charge is 0.388 e. The molecule has 2 nitrogen and oxygen atoms in total. The lowest BCUT2D eigenvalue weighted by Crippen LogP contribution is -2.05. The van der Waals surface area contributed by atoms with Crippen molar-refractivity contribution in [2.45, 2.75) is 18.9 Å². The Bertz CT molecular complexity index is 480. The fraction of sp³-hybridized carbons (Fsp3) is 0.364. The lowest BCUT2D eigenvalue weighted by molar-refractivity contribution is 0.149. The molecule has 1 aromatic carbocycles. The van der Waals surface area contributed by atoms with Crippen LogP contribution in [0, 0.1) is 23.1 Å². The molecular formula is C11H8Cl2FNO. The Morgan fingerprint density at radius 3 is 2.62 bits per heavy atom. The van der Waals surface area contributed by atoms with E-state index in [1.807, 2.05) is 0 Å². The maximum absolute atomic E-state index is 13.6. The molecule has 1 aromatic rings. The van der Waals surface area contributed by atoms with Gasteiger partial charge in [-0.3, -0.25) is 0 Å². The van der Waals surface area contributed by atoms with Gasteiger partial charge in [0.2, 0.25) is 0 Å². The summed E-state index contributed by atoms with van der Waals surface area (Å²) >= 11 is 11.6. The number of aliphatic hydroxyl groups is 1. The molecule has 1 aliphatic carbocycles. The average Bonchev–Trinajstić information content (AvgIpc) is 3.00. The average molecular weight is 260 g/mol. The second kappa shape index (κ2) is 4.21. The second-order valence-corrected chi connectivity index (χ2v) is 4.62. The van der Waals surface area contributed by atoms with Crippen LogP contribution in [0.2, 0.25) is 10.0 Å². The summed E-state index contributed by atoms with van der Waals surface area (Å²) in [5, 5.41) is 18.6. The molecule has 0 heterocycles. The molecule has 0 bridgehead atoms. The molecule has 16 heavy (non-hydrogen) atoms. The van der Waals surface area contributed by atoms with E-state index in [4.69, 9.17) is 28.5 Å². The Morgan fingerprint density at radius 2 is 2.12 bits per heavy atom. The van der Waals surface area contributed by atoms with E-state index in [-0.39, 0.29) is 27.1 Å². The number of aliphatic hydroxyl groups excluding tert-OH is 1. The maximum Gasteiger partial charge on any atom is 0.132 e. The van der Waals surface area contributed by atoms with Gasteiger partial charge in [0.25, 0.3) is 0 Å². The molecule has 1 N–H and O–H groups in total. The van der Waals surface area contributed by atoms with Crippen LogP contribution in [-0.2, 0) is 0 Å². The minimum atomic E-state index is -0.947. The van der Waals surface area contributed by atoms with Crippen LogP contribution in [-0.4, -0.2) is 5.11 Å². The highest BCUT2D eigenvalue weighted by molar-refractivity contribution is 6.37. The molecule has 1 fully saturated rings. The zero-order chi connectivity index (χ0) is 11.9. The van der Waals surface area contributed by atoms with Gasteiger partial charge in [-0.15, -0.1) is 0 Å². The minimum absolute atomic E-state index is 0.00915. The van der Waals surface area contributed by atoms with Crippen molar-refractivity contribution in [3.63, 3.8) is 0 Å². The normalized spacial score (nSPS) is 16.9. The number of halogens is 3. The number of nitrogens with zero attached hydrogens (tertiary/aromatic N) is 1. The summed E-state index contributed by atoms with van der Waals surface area (Å²) in [6.45, 7) is 0. The van der Waals surface area contributed by atoms with Gasteiger partial charge in [-0.25, -0.2) is 4.39 Å². The van der Waals surface area contributed by atoms with E-state index in [1.165, 1.54) is 0 Å². The van der Waals surface area contributed by atoms with Crippen molar-refractivity contribution >= 4 is 23.2 Å². The molecule has 5 heteroatoms. The third kappa shape index (κ3) is 1.89. The molecule has 0 aliphatic heterocycles. The van der Waals surface area contributed by atoms with Crippen molar-refractivity contribution < 1.29 is 9.50 Å². The highest BCUT2D eigenvalue weighted by atomic mass is 35.5. The van der Waals surface area contributed by atoms with E-state index in [9.17, 15) is 9.50 Å². The van der Waals surface area contributed by atoms with Gasteiger partial charge in [0.1, 0.15) is 11.9 Å². The van der Waals surface area contributed by atoms with Gasteiger partial charge in [0.05, 0.1) is 21.7 Å². The molecule has 84 valence electrons. The van der Waals surface area contributed by atoms with E-state index in [0.29, 0.717) is 0 Å². The Hall–Kier alpha value is -0.820. The van der Waals surface area contributed by atoms with Crippen LogP contribution < -0.4 is 0 Å². The standard InChI is InChI=1S/C11H8Cl2FNO/c12-7-3-8(14)9(10(13)6(7)4-15)11(16)5-1-2-5/h3,5,11,16H,1-2H2. The number of rotatable bonds is 2. The molecule has 1 unspecified atom stereocenters. The first-order chi connectivity index (χ1) is 7.56. The number of benzene rings is 1. The highest BCUT2D eigenvalue weighted by Gasteiger charge is 2.34. The lowest BCUT2D eigenvalue weighted by Gasteiger charge is -2.14. The smallest absolute Gasteiger partial charge is 0.132 e. The summed E-state index contributed by atoms with van der Waals surface area (Å²) in [7, 11) is 0. The first-order valence-corrected chi connectivity index (χ1v) is 5.57. The zero-order valence-electron chi connectivity index (χ0n) is 8.17. The summed E-state index contributed by atoms with van der Waals surface area (Å²) in [6, 6.07) is 2.82. The molecule has 0 aromatic heterocycles. The van der Waals surface area contributed by atoms with Gasteiger partial charge >= 0.3 is 0 Å². The van der Waals surface area contributed by atoms with Crippen LogP contribution in [0.15, 0.2) is 6.07 Å². The second-order valence-electron chi connectivity index (χ2n) is 3.84. The fourth-order valence-electron chi connectivity index (χ4n) is 1.63. The summed E-state index contributed by atoms with van der Waals surface area (Å²) < 4.78 is 13.6. The Labute approximate surface area is 102 Å². The predicted octanol–water partition coefficient (Wildman–Crippen LogP) is 3.45. The van der Waals surface area contributed by atoms with Crippen LogP contribution in [0.3, 0.4) is 0 Å². The van der Waals surface area contributed by atoms with E-state index in [0.717, 1.165) is 18.9 Å². The Kier molecular flexibility index (Phi) is 3.07. The van der Waals surface area contributed by atoms with E-state index in [2.05, 4.69) is 0 Å². The Balaban J connectivity index is 2.56. The third-order valence-corrected chi connectivity index (χ3v) is 3.37. The molecule has 0 radical (unpaired) electrons. The molecule has 1 saturated carbocycles. The molecule has 0 amide bonds. The van der Waals surface area contributed by atoms with Crippen molar-refractivity contribution in [1.29, 1.82) is 5.26 Å². The van der Waals surface area contributed by atoms with Crippen LogP contribution in [0.4, 0.5) is 4.39 Å². The van der Waals surface area contributed by atoms with Gasteiger partial charge < -0.3 is 5.11 Å². The van der Waals surface area contributed by atoms with Crippen molar-refractivity contribution in [1.82, 2.24) is 0 Å². The molecule has 0 spiro atoms. The number of nitriles is 1. The quantitative estimate of drug-likeness (QED) is 0.884. The van der Waals surface area contributed by atoms with Gasteiger partial charge in [0, 0.05) is 5.56 Å². The minimum Gasteiger partial charge on any atom is -0.388 e. The highest BCUT2D eigenvalue weighted by Crippen LogP contribution is 2.45. The third-order valence-electron chi connectivity index (χ3n) is 2.68. The van der Waals surface area contributed by atoms with Crippen LogP contribution >= 0.6 is 23.2 Å². The van der Waals surface area contributed by atoms with Crippen LogP contribution in [0.5, 0.6) is 0 Å². The topological polar surface area (TPSA) is 44.0 Å². The maximum atomic E-state index is 13.6. The van der Waals surface area contributed by atoms with E-state index < -0.39 is 11.9 Å². The monoisotopic (exact) mass is 259 g/mol. The Morgan fingerprint density at radius 1 is 1.50 bits per heavy atom. The number of hydrogen-bond donors (Lipinski definition) is 1. The molecule has 1 atom stereocenters. The summed E-state index contributed by atoms with van der Waals surface area (Å²) in [6.07, 6.45) is 0.750. The zero-order valence-corrected chi connectivity index (χ0v) is 9.69. The number of hydrogen-bond acceptors (Lipinski definition) is 2. The SMILES string of the molecule is N#Cc1c(Cl)cc(F)c(C(O)C2CC2)c1Cl. The summed E-state index contributed by atoms with van der Waals surface area (Å²) in [5.74, 6) is -0.617. The van der Waals surface area contributed by atoms with Gasteiger partial charge in [-0.05, 0) is 24.8 Å². The molecule has 1 aliphatic rings. The van der Waals surface area contributed by atoms with E-state index in [1.54, 1.807) is 6.07 Å². The van der Waals surface area contributed by atoms with Crippen LogP contribution in [0.1, 0.15) is 30.1 Å². The fourth-order valence-corrected chi connectivity index (χ4v) is 2.25. The van der Waals surface area contributed by atoms with Crippen molar-refractivity contribution in [3.8, 4) is 6.07 Å². The van der Waals surface area contributed by atoms with Crippen molar-refractivity contribution in [2.24, 2.45) is 5.92 Å². The van der Waals surface area contributed by atoms with Gasteiger partial charge in [-0.1, -0.05) is 23.2 Å². The first kappa shape index (κ1) is 11.7. The molecule has 0 saturated heterocycles. The first-order valence-electron chi connectivity index (χ1n) is 4.81. The van der Waals surface area contributed by atoms with Crippen molar-refractivity contribution in [2.75, 3.05) is 0 Å². The van der Waals surface area contributed by atoms with E-state index >= 15 is 0 Å².